The van der Waals surface area contributed by atoms with Gasteiger partial charge < -0.3 is 14.0 Å². The number of morpholine rings is 1. The van der Waals surface area contributed by atoms with Gasteiger partial charge in [-0.2, -0.15) is 0 Å². The summed E-state index contributed by atoms with van der Waals surface area (Å²) in [5.41, 5.74) is 1.35. The highest BCUT2D eigenvalue weighted by atomic mass is 16.5. The maximum atomic E-state index is 12.8. The number of aromatic nitrogens is 2. The van der Waals surface area contributed by atoms with Gasteiger partial charge in [0.05, 0.1) is 18.8 Å². The van der Waals surface area contributed by atoms with Crippen molar-refractivity contribution in [3.63, 3.8) is 0 Å². The van der Waals surface area contributed by atoms with Crippen LogP contribution in [0, 0.1) is 0 Å². The van der Waals surface area contributed by atoms with Crippen LogP contribution in [0.5, 0.6) is 0 Å². The lowest BCUT2D eigenvalue weighted by atomic mass is 9.90. The quantitative estimate of drug-likeness (QED) is 0.806. The van der Waals surface area contributed by atoms with E-state index < -0.39 is 0 Å². The highest BCUT2D eigenvalue weighted by Gasteiger charge is 2.37. The van der Waals surface area contributed by atoms with Gasteiger partial charge in [0, 0.05) is 18.9 Å². The maximum Gasteiger partial charge on any atom is 0.274 e. The average Bonchev–Trinajstić information content (AvgIpc) is 2.97. The fraction of sp³-hybridized carbons (Fsp3) is 0.500. The number of hydrogen-bond acceptors (Lipinski definition) is 3. The number of carbonyl (C=O) groups excluding carboxylic acids is 1. The maximum absolute atomic E-state index is 12.8. The minimum absolute atomic E-state index is 0.0406. The van der Waals surface area contributed by atoms with E-state index in [1.165, 1.54) is 12.8 Å². The molecule has 5 nitrogen and oxygen atoms in total. The summed E-state index contributed by atoms with van der Waals surface area (Å²) in [6, 6.07) is 6.02. The van der Waals surface area contributed by atoms with Crippen molar-refractivity contribution in [2.24, 2.45) is 0 Å². The topological polar surface area (TPSA) is 46.8 Å². The van der Waals surface area contributed by atoms with E-state index in [0.717, 1.165) is 18.5 Å². The molecule has 0 bridgehead atoms. The Balaban J connectivity index is 1.63. The van der Waals surface area contributed by atoms with Crippen molar-refractivity contribution >= 4 is 11.6 Å². The smallest absolute Gasteiger partial charge is 0.274 e. The number of pyridine rings is 1. The minimum Gasteiger partial charge on any atom is -0.374 e. The highest BCUT2D eigenvalue weighted by molar-refractivity contribution is 5.93. The summed E-state index contributed by atoms with van der Waals surface area (Å²) in [7, 11) is 0. The average molecular weight is 285 g/mol. The van der Waals surface area contributed by atoms with Gasteiger partial charge in [-0.3, -0.25) is 4.79 Å². The van der Waals surface area contributed by atoms with Gasteiger partial charge in [-0.1, -0.05) is 18.9 Å². The number of hydrogen-bond donors (Lipinski definition) is 0. The van der Waals surface area contributed by atoms with Crippen LogP contribution >= 0.6 is 0 Å². The van der Waals surface area contributed by atoms with E-state index in [-0.39, 0.29) is 18.1 Å². The third kappa shape index (κ3) is 2.21. The Labute approximate surface area is 123 Å². The summed E-state index contributed by atoms with van der Waals surface area (Å²) in [6.45, 7) is 1.31. The summed E-state index contributed by atoms with van der Waals surface area (Å²) in [4.78, 5) is 19.3. The zero-order valence-electron chi connectivity index (χ0n) is 11.9. The number of amides is 1. The minimum atomic E-state index is 0.0406. The molecule has 3 heterocycles. The van der Waals surface area contributed by atoms with Crippen LogP contribution in [-0.2, 0) is 4.74 Å². The van der Waals surface area contributed by atoms with Crippen molar-refractivity contribution in [3.8, 4) is 0 Å². The zero-order chi connectivity index (χ0) is 14.2. The number of ether oxygens (including phenoxy) is 1. The fourth-order valence-electron chi connectivity index (χ4n) is 3.53. The van der Waals surface area contributed by atoms with Crippen LogP contribution in [0.1, 0.15) is 36.2 Å². The molecule has 2 aromatic rings. The first kappa shape index (κ1) is 12.8. The van der Waals surface area contributed by atoms with Crippen LogP contribution in [-0.4, -0.2) is 45.5 Å². The van der Waals surface area contributed by atoms with Gasteiger partial charge >= 0.3 is 0 Å². The van der Waals surface area contributed by atoms with Crippen LogP contribution in [0.15, 0.2) is 30.6 Å². The first-order chi connectivity index (χ1) is 10.3. The highest BCUT2D eigenvalue weighted by Crippen LogP contribution is 2.29. The Bertz CT molecular complexity index is 631. The molecule has 2 aromatic heterocycles. The van der Waals surface area contributed by atoms with Crippen molar-refractivity contribution in [1.82, 2.24) is 14.3 Å². The Kier molecular flexibility index (Phi) is 3.15. The lowest BCUT2D eigenvalue weighted by Gasteiger charge is -2.43. The molecule has 2 aliphatic rings. The molecule has 21 heavy (non-hydrogen) atoms. The lowest BCUT2D eigenvalue weighted by molar-refractivity contribution is -0.0754. The van der Waals surface area contributed by atoms with Crippen LogP contribution in [0.2, 0.25) is 0 Å². The van der Waals surface area contributed by atoms with E-state index in [0.29, 0.717) is 18.8 Å². The van der Waals surface area contributed by atoms with E-state index in [1.54, 1.807) is 0 Å². The number of imidazole rings is 1. The molecule has 0 N–H and O–H groups in total. The van der Waals surface area contributed by atoms with Crippen molar-refractivity contribution in [3.05, 3.63) is 36.3 Å². The molecular weight excluding hydrogens is 266 g/mol. The Morgan fingerprint density at radius 3 is 3.10 bits per heavy atom. The molecule has 0 aromatic carbocycles. The zero-order valence-corrected chi connectivity index (χ0v) is 11.9. The second kappa shape index (κ2) is 5.15. The first-order valence-corrected chi connectivity index (χ1v) is 7.69. The fourth-order valence-corrected chi connectivity index (χ4v) is 3.53. The molecule has 1 saturated heterocycles. The van der Waals surface area contributed by atoms with Crippen LogP contribution < -0.4 is 0 Å². The monoisotopic (exact) mass is 285 g/mol. The largest absolute Gasteiger partial charge is 0.374 e. The first-order valence-electron chi connectivity index (χ1n) is 7.69. The summed E-state index contributed by atoms with van der Waals surface area (Å²) < 4.78 is 7.73. The molecule has 2 atom stereocenters. The number of nitrogens with zero attached hydrogens (tertiary/aromatic N) is 3. The molecule has 110 valence electrons. The lowest BCUT2D eigenvalue weighted by Crippen LogP contribution is -2.54. The molecule has 0 radical (unpaired) electrons. The van der Waals surface area contributed by atoms with E-state index in [2.05, 4.69) is 4.98 Å². The van der Waals surface area contributed by atoms with E-state index in [9.17, 15) is 4.79 Å². The molecule has 5 heteroatoms. The van der Waals surface area contributed by atoms with Gasteiger partial charge in [-0.05, 0) is 25.0 Å². The summed E-state index contributed by atoms with van der Waals surface area (Å²) in [5, 5.41) is 0. The van der Waals surface area contributed by atoms with E-state index in [1.807, 2.05) is 39.9 Å². The van der Waals surface area contributed by atoms with Gasteiger partial charge in [0.1, 0.15) is 11.3 Å². The standard InChI is InChI=1S/C16H19N3O2/c20-16(12-11-18-8-4-3-7-15(18)17-12)19-9-10-21-14-6-2-1-5-13(14)19/h3-4,7-8,11,13-14H,1-2,5-6,9-10H2/t13-,14+/m1/s1. The molecule has 1 saturated carbocycles. The predicted octanol–water partition coefficient (Wildman–Crippen LogP) is 2.12. The molecule has 1 aliphatic carbocycles. The number of rotatable bonds is 1. The summed E-state index contributed by atoms with van der Waals surface area (Å²) >= 11 is 0. The van der Waals surface area contributed by atoms with Crippen LogP contribution in [0.25, 0.3) is 5.65 Å². The summed E-state index contributed by atoms with van der Waals surface area (Å²) in [5.74, 6) is 0.0406. The van der Waals surface area contributed by atoms with Crippen molar-refractivity contribution < 1.29 is 9.53 Å². The van der Waals surface area contributed by atoms with Crippen molar-refractivity contribution in [1.29, 1.82) is 0 Å². The molecule has 0 unspecified atom stereocenters. The van der Waals surface area contributed by atoms with Gasteiger partial charge in [0.25, 0.3) is 5.91 Å². The Morgan fingerprint density at radius 2 is 2.19 bits per heavy atom. The van der Waals surface area contributed by atoms with Crippen molar-refractivity contribution in [2.75, 3.05) is 13.2 Å². The van der Waals surface area contributed by atoms with E-state index in [4.69, 9.17) is 4.74 Å². The molecule has 0 spiro atoms. The predicted molar refractivity (Wildman–Crippen MR) is 78.2 cm³/mol. The Morgan fingerprint density at radius 1 is 1.29 bits per heavy atom. The molecule has 1 amide bonds. The van der Waals surface area contributed by atoms with E-state index >= 15 is 0 Å². The van der Waals surface area contributed by atoms with Crippen LogP contribution in [0.4, 0.5) is 0 Å². The second-order valence-electron chi connectivity index (χ2n) is 5.85. The number of carbonyl (C=O) groups is 1. The second-order valence-corrected chi connectivity index (χ2v) is 5.85. The van der Waals surface area contributed by atoms with Crippen LogP contribution in [0.3, 0.4) is 0 Å². The third-order valence-corrected chi connectivity index (χ3v) is 4.58. The normalized spacial score (nSPS) is 25.8. The Hall–Kier alpha value is -1.88. The van der Waals surface area contributed by atoms with Gasteiger partial charge in [-0.25, -0.2) is 4.98 Å². The van der Waals surface area contributed by atoms with Gasteiger partial charge in [0.2, 0.25) is 0 Å². The molecular formula is C16H19N3O2. The van der Waals surface area contributed by atoms with Crippen molar-refractivity contribution in [2.45, 2.75) is 37.8 Å². The van der Waals surface area contributed by atoms with Gasteiger partial charge in [-0.15, -0.1) is 0 Å². The third-order valence-electron chi connectivity index (χ3n) is 4.58. The number of fused-ring (bicyclic) bond motifs is 2. The molecule has 2 fully saturated rings. The van der Waals surface area contributed by atoms with Gasteiger partial charge in [0.15, 0.2) is 0 Å². The SMILES string of the molecule is O=C(c1cn2ccccc2n1)N1CCO[C@H]2CCCC[C@H]21. The summed E-state index contributed by atoms with van der Waals surface area (Å²) in [6.07, 6.45) is 8.46. The molecule has 4 rings (SSSR count). The molecule has 1 aliphatic heterocycles.